The monoisotopic (exact) mass is 344 g/mol. The van der Waals surface area contributed by atoms with Gasteiger partial charge in [0.25, 0.3) is 0 Å². The average Bonchev–Trinajstić information content (AvgIpc) is 3.30. The Morgan fingerprint density at radius 1 is 1.38 bits per heavy atom. The van der Waals surface area contributed by atoms with Crippen molar-refractivity contribution in [2.24, 2.45) is 0 Å². The molecule has 3 heterocycles. The first-order valence-electron chi connectivity index (χ1n) is 7.74. The van der Waals surface area contributed by atoms with E-state index in [1.165, 1.54) is 13.5 Å². The standard InChI is InChI=1S/C16H16N4O3S/c1-22-15(21)11-2-3-12-13(8-11)24-16(18-12)20-6-4-10(5-7-20)14-19-17-9-23-14/h2-3,8-10H,4-7H2,1H3. The Bertz CT molecular complexity index is 853. The van der Waals surface area contributed by atoms with Gasteiger partial charge in [-0.2, -0.15) is 0 Å². The molecule has 0 bridgehead atoms. The van der Waals surface area contributed by atoms with Crippen molar-refractivity contribution in [3.8, 4) is 0 Å². The molecule has 1 aliphatic heterocycles. The minimum atomic E-state index is -0.327. The second kappa shape index (κ2) is 6.20. The van der Waals surface area contributed by atoms with Crippen molar-refractivity contribution in [3.05, 3.63) is 36.0 Å². The van der Waals surface area contributed by atoms with Crippen molar-refractivity contribution in [2.45, 2.75) is 18.8 Å². The third-order valence-corrected chi connectivity index (χ3v) is 5.37. The molecule has 0 unspecified atom stereocenters. The van der Waals surface area contributed by atoms with Crippen molar-refractivity contribution >= 4 is 32.7 Å². The van der Waals surface area contributed by atoms with E-state index in [0.717, 1.165) is 47.2 Å². The molecule has 0 N–H and O–H groups in total. The van der Waals surface area contributed by atoms with Crippen LogP contribution in [0.3, 0.4) is 0 Å². The minimum Gasteiger partial charge on any atom is -0.465 e. The summed E-state index contributed by atoms with van der Waals surface area (Å²) in [7, 11) is 1.39. The van der Waals surface area contributed by atoms with Crippen molar-refractivity contribution < 1.29 is 13.9 Å². The molecule has 3 aromatic rings. The highest BCUT2D eigenvalue weighted by Crippen LogP contribution is 2.34. The first-order valence-corrected chi connectivity index (χ1v) is 8.56. The molecule has 0 amide bonds. The molecular weight excluding hydrogens is 328 g/mol. The Kier molecular flexibility index (Phi) is 3.89. The zero-order valence-electron chi connectivity index (χ0n) is 13.1. The number of rotatable bonds is 3. The lowest BCUT2D eigenvalue weighted by Gasteiger charge is -2.29. The summed E-state index contributed by atoms with van der Waals surface area (Å²) < 4.78 is 11.1. The molecule has 24 heavy (non-hydrogen) atoms. The molecule has 0 spiro atoms. The number of nitrogens with zero attached hydrogens (tertiary/aromatic N) is 4. The van der Waals surface area contributed by atoms with Gasteiger partial charge < -0.3 is 14.1 Å². The Morgan fingerprint density at radius 3 is 2.92 bits per heavy atom. The summed E-state index contributed by atoms with van der Waals surface area (Å²) in [6, 6.07) is 5.46. The molecule has 4 rings (SSSR count). The molecule has 1 aliphatic rings. The molecule has 8 heteroatoms. The van der Waals surface area contributed by atoms with Crippen LogP contribution in [-0.4, -0.2) is 41.3 Å². The van der Waals surface area contributed by atoms with Crippen LogP contribution in [0, 0.1) is 0 Å². The molecule has 1 aromatic carbocycles. The molecule has 1 saturated heterocycles. The van der Waals surface area contributed by atoms with Gasteiger partial charge in [-0.3, -0.25) is 0 Å². The van der Waals surface area contributed by atoms with Crippen LogP contribution in [0.1, 0.15) is 35.0 Å². The number of esters is 1. The molecule has 2 aromatic heterocycles. The molecule has 0 aliphatic carbocycles. The highest BCUT2D eigenvalue weighted by atomic mass is 32.1. The number of carbonyl (C=O) groups excluding carboxylic acids is 1. The van der Waals surface area contributed by atoms with Crippen LogP contribution >= 0.6 is 11.3 Å². The normalized spacial score (nSPS) is 15.8. The van der Waals surface area contributed by atoms with E-state index in [0.29, 0.717) is 11.5 Å². The predicted octanol–water partition coefficient (Wildman–Crippen LogP) is 2.85. The predicted molar refractivity (Wildman–Crippen MR) is 89.4 cm³/mol. The van der Waals surface area contributed by atoms with E-state index in [9.17, 15) is 4.79 Å². The fraction of sp³-hybridized carbons (Fsp3) is 0.375. The lowest BCUT2D eigenvalue weighted by Crippen LogP contribution is -2.32. The van der Waals surface area contributed by atoms with Gasteiger partial charge in [-0.05, 0) is 31.0 Å². The maximum absolute atomic E-state index is 11.6. The van der Waals surface area contributed by atoms with Gasteiger partial charge >= 0.3 is 5.97 Å². The molecule has 1 fully saturated rings. The summed E-state index contributed by atoms with van der Waals surface area (Å²) in [4.78, 5) is 18.6. The summed E-state index contributed by atoms with van der Waals surface area (Å²) in [6.07, 6.45) is 3.31. The third-order valence-electron chi connectivity index (χ3n) is 4.29. The SMILES string of the molecule is COC(=O)c1ccc2nc(N3CCC(c4nnco4)CC3)sc2c1. The summed E-state index contributed by atoms with van der Waals surface area (Å²) in [6.45, 7) is 1.80. The van der Waals surface area contributed by atoms with E-state index in [4.69, 9.17) is 14.1 Å². The summed E-state index contributed by atoms with van der Waals surface area (Å²) in [5.41, 5.74) is 1.46. The number of ether oxygens (including phenoxy) is 1. The van der Waals surface area contributed by atoms with Crippen molar-refractivity contribution in [3.63, 3.8) is 0 Å². The van der Waals surface area contributed by atoms with E-state index in [2.05, 4.69) is 15.1 Å². The van der Waals surface area contributed by atoms with E-state index in [1.54, 1.807) is 17.4 Å². The van der Waals surface area contributed by atoms with Gasteiger partial charge in [0.1, 0.15) is 0 Å². The van der Waals surface area contributed by atoms with Gasteiger partial charge in [-0.25, -0.2) is 9.78 Å². The van der Waals surface area contributed by atoms with E-state index >= 15 is 0 Å². The topological polar surface area (TPSA) is 81.4 Å². The Balaban J connectivity index is 1.51. The van der Waals surface area contributed by atoms with Crippen molar-refractivity contribution in [1.82, 2.24) is 15.2 Å². The van der Waals surface area contributed by atoms with Gasteiger partial charge in [0.2, 0.25) is 12.3 Å². The molecule has 0 saturated carbocycles. The number of hydrogen-bond donors (Lipinski definition) is 0. The van der Waals surface area contributed by atoms with E-state index < -0.39 is 0 Å². The van der Waals surface area contributed by atoms with E-state index in [1.807, 2.05) is 12.1 Å². The van der Waals surface area contributed by atoms with Crippen LogP contribution in [0.5, 0.6) is 0 Å². The van der Waals surface area contributed by atoms with Crippen LogP contribution in [0.25, 0.3) is 10.2 Å². The Morgan fingerprint density at radius 2 is 2.21 bits per heavy atom. The zero-order valence-corrected chi connectivity index (χ0v) is 14.0. The number of methoxy groups -OCH3 is 1. The highest BCUT2D eigenvalue weighted by molar-refractivity contribution is 7.22. The van der Waals surface area contributed by atoms with Crippen LogP contribution in [0.4, 0.5) is 5.13 Å². The maximum atomic E-state index is 11.6. The number of piperidine rings is 1. The average molecular weight is 344 g/mol. The lowest BCUT2D eigenvalue weighted by atomic mass is 9.97. The van der Waals surface area contributed by atoms with Crippen LogP contribution < -0.4 is 4.90 Å². The summed E-state index contributed by atoms with van der Waals surface area (Å²) >= 11 is 1.60. The molecule has 0 radical (unpaired) electrons. The van der Waals surface area contributed by atoms with Gasteiger partial charge in [-0.1, -0.05) is 11.3 Å². The number of hydrogen-bond acceptors (Lipinski definition) is 8. The van der Waals surface area contributed by atoms with E-state index in [-0.39, 0.29) is 5.97 Å². The molecular formula is C16H16N4O3S. The molecule has 124 valence electrons. The number of benzene rings is 1. The van der Waals surface area contributed by atoms with Crippen LogP contribution in [-0.2, 0) is 4.74 Å². The first kappa shape index (κ1) is 15.1. The number of fused-ring (bicyclic) bond motifs is 1. The van der Waals surface area contributed by atoms with Gasteiger partial charge in [0.05, 0.1) is 22.9 Å². The third kappa shape index (κ3) is 2.73. The quantitative estimate of drug-likeness (QED) is 0.676. The fourth-order valence-corrected chi connectivity index (χ4v) is 4.03. The highest BCUT2D eigenvalue weighted by Gasteiger charge is 2.25. The van der Waals surface area contributed by atoms with Crippen molar-refractivity contribution in [2.75, 3.05) is 25.1 Å². The van der Waals surface area contributed by atoms with Crippen LogP contribution in [0.15, 0.2) is 29.0 Å². The second-order valence-corrected chi connectivity index (χ2v) is 6.72. The summed E-state index contributed by atoms with van der Waals surface area (Å²) in [5.74, 6) is 0.720. The lowest BCUT2D eigenvalue weighted by molar-refractivity contribution is 0.0601. The number of anilines is 1. The summed E-state index contributed by atoms with van der Waals surface area (Å²) in [5, 5.41) is 8.75. The van der Waals surface area contributed by atoms with Gasteiger partial charge in [0, 0.05) is 19.0 Å². The van der Waals surface area contributed by atoms with Crippen LogP contribution in [0.2, 0.25) is 0 Å². The second-order valence-electron chi connectivity index (χ2n) is 5.71. The van der Waals surface area contributed by atoms with Gasteiger partial charge in [0.15, 0.2) is 5.13 Å². The van der Waals surface area contributed by atoms with Crippen molar-refractivity contribution in [1.29, 1.82) is 0 Å². The molecule has 0 atom stereocenters. The number of carbonyl (C=O) groups is 1. The minimum absolute atomic E-state index is 0.323. The Hall–Kier alpha value is -2.48. The Labute approximate surface area is 142 Å². The zero-order chi connectivity index (χ0) is 16.5. The fourth-order valence-electron chi connectivity index (χ4n) is 2.97. The molecule has 7 nitrogen and oxygen atoms in total. The number of thiazole rings is 1. The smallest absolute Gasteiger partial charge is 0.337 e. The number of aromatic nitrogens is 3. The largest absolute Gasteiger partial charge is 0.465 e. The first-order chi connectivity index (χ1) is 11.7. The maximum Gasteiger partial charge on any atom is 0.337 e. The van der Waals surface area contributed by atoms with Gasteiger partial charge in [-0.15, -0.1) is 10.2 Å².